The van der Waals surface area contributed by atoms with Crippen LogP contribution in [-0.2, 0) is 0 Å². The number of nitro benzene ring substituents is 1. The summed E-state index contributed by atoms with van der Waals surface area (Å²) < 4.78 is 0. The number of nitrogens with one attached hydrogen (secondary N) is 1. The summed E-state index contributed by atoms with van der Waals surface area (Å²) in [4.78, 5) is 32.8. The molecule has 1 aliphatic heterocycles. The van der Waals surface area contributed by atoms with Crippen LogP contribution in [0.25, 0.3) is 10.9 Å². The number of phenolic OH excluding ortho intramolecular Hbond substituents is 1. The molecule has 0 saturated carbocycles. The van der Waals surface area contributed by atoms with E-state index in [1.165, 1.54) is 24.3 Å². The van der Waals surface area contributed by atoms with Gasteiger partial charge in [-0.15, -0.1) is 0 Å². The summed E-state index contributed by atoms with van der Waals surface area (Å²) in [5, 5.41) is 24.6. The van der Waals surface area contributed by atoms with Crippen LogP contribution in [0.5, 0.6) is 5.75 Å². The van der Waals surface area contributed by atoms with Crippen molar-refractivity contribution < 1.29 is 14.8 Å². The number of aryl methyl sites for hydroxylation is 1. The molecule has 1 aromatic heterocycles. The Balaban J connectivity index is 1.74. The third-order valence-corrected chi connectivity index (χ3v) is 5.45. The maximum atomic E-state index is 13.2. The number of carbonyl (C=O) groups is 1. The second-order valence-corrected chi connectivity index (χ2v) is 7.72. The van der Waals surface area contributed by atoms with Crippen LogP contribution in [0.15, 0.2) is 42.5 Å². The lowest BCUT2D eigenvalue weighted by molar-refractivity contribution is -0.384. The zero-order chi connectivity index (χ0) is 22.1. The zero-order valence-corrected chi connectivity index (χ0v) is 17.3. The van der Waals surface area contributed by atoms with Crippen molar-refractivity contribution in [3.05, 3.63) is 63.8 Å². The molecule has 1 fully saturated rings. The normalized spacial score (nSPS) is 14.6. The molecule has 4 rings (SSSR count). The Labute approximate surface area is 179 Å². The molecular formula is C22H23N5O4. The van der Waals surface area contributed by atoms with Crippen LogP contribution in [0.1, 0.15) is 16.1 Å². The largest absolute Gasteiger partial charge is 0.508 e. The first-order chi connectivity index (χ1) is 14.8. The number of likely N-dealkylation sites (N-methyl/N-ethyl adjacent to an activating group) is 1. The van der Waals surface area contributed by atoms with E-state index in [9.17, 15) is 20.0 Å². The van der Waals surface area contributed by atoms with Crippen molar-refractivity contribution in [2.75, 3.05) is 43.4 Å². The molecule has 2 heterocycles. The first-order valence-electron chi connectivity index (χ1n) is 9.95. The zero-order valence-electron chi connectivity index (χ0n) is 17.3. The fraction of sp³-hybridized carbons (Fsp3) is 0.273. The number of non-ortho nitro benzene ring substituents is 1. The molecule has 1 saturated heterocycles. The highest BCUT2D eigenvalue weighted by atomic mass is 16.6. The number of pyridine rings is 1. The molecule has 0 atom stereocenters. The lowest BCUT2D eigenvalue weighted by Crippen LogP contribution is -2.44. The molecule has 1 aliphatic rings. The molecule has 0 aliphatic carbocycles. The van der Waals surface area contributed by atoms with Crippen LogP contribution in [0, 0.1) is 17.0 Å². The predicted octanol–water partition coefficient (Wildman–Crippen LogP) is 3.16. The molecular weight excluding hydrogens is 398 g/mol. The highest BCUT2D eigenvalue weighted by Crippen LogP contribution is 2.32. The van der Waals surface area contributed by atoms with E-state index in [0.29, 0.717) is 27.8 Å². The first-order valence-corrected chi connectivity index (χ1v) is 9.95. The number of anilines is 2. The maximum Gasteiger partial charge on any atom is 0.271 e. The fourth-order valence-electron chi connectivity index (χ4n) is 3.78. The van der Waals surface area contributed by atoms with E-state index in [1.54, 1.807) is 25.1 Å². The number of phenols is 1. The van der Waals surface area contributed by atoms with Gasteiger partial charge < -0.3 is 20.2 Å². The molecule has 31 heavy (non-hydrogen) atoms. The summed E-state index contributed by atoms with van der Waals surface area (Å²) in [6, 6.07) is 10.8. The van der Waals surface area contributed by atoms with Gasteiger partial charge in [0.05, 0.1) is 27.4 Å². The van der Waals surface area contributed by atoms with Crippen LogP contribution < -0.4 is 10.2 Å². The SMILES string of the molecule is Cc1cc(C(=O)Nc2cc([N+](=O)[O-])ccc2N2CCN(C)CC2)c2cc(O)ccc2n1. The van der Waals surface area contributed by atoms with Gasteiger partial charge >= 0.3 is 0 Å². The minimum atomic E-state index is -0.479. The molecule has 2 aromatic carbocycles. The first kappa shape index (κ1) is 20.5. The lowest BCUT2D eigenvalue weighted by Gasteiger charge is -2.35. The number of aromatic nitrogens is 1. The number of nitro groups is 1. The fourth-order valence-corrected chi connectivity index (χ4v) is 3.78. The van der Waals surface area contributed by atoms with E-state index in [0.717, 1.165) is 31.9 Å². The van der Waals surface area contributed by atoms with Gasteiger partial charge in [0.1, 0.15) is 5.75 Å². The van der Waals surface area contributed by atoms with Gasteiger partial charge in [-0.2, -0.15) is 0 Å². The van der Waals surface area contributed by atoms with Crippen LogP contribution in [-0.4, -0.2) is 59.0 Å². The number of rotatable bonds is 4. The van der Waals surface area contributed by atoms with Crippen LogP contribution in [0.4, 0.5) is 17.1 Å². The quantitative estimate of drug-likeness (QED) is 0.492. The van der Waals surface area contributed by atoms with Gasteiger partial charge in [0, 0.05) is 49.4 Å². The summed E-state index contributed by atoms with van der Waals surface area (Å²) in [6.07, 6.45) is 0. The van der Waals surface area contributed by atoms with Crippen molar-refractivity contribution in [1.29, 1.82) is 0 Å². The second kappa shape index (κ2) is 8.19. The Morgan fingerprint density at radius 1 is 1.13 bits per heavy atom. The van der Waals surface area contributed by atoms with Crippen molar-refractivity contribution in [3.63, 3.8) is 0 Å². The Morgan fingerprint density at radius 2 is 1.87 bits per heavy atom. The number of fused-ring (bicyclic) bond motifs is 1. The van der Waals surface area contributed by atoms with Crippen molar-refractivity contribution in [3.8, 4) is 5.75 Å². The van der Waals surface area contributed by atoms with Gasteiger partial charge in [-0.05, 0) is 44.3 Å². The number of nitrogens with zero attached hydrogens (tertiary/aromatic N) is 4. The predicted molar refractivity (Wildman–Crippen MR) is 119 cm³/mol. The number of hydrogen-bond acceptors (Lipinski definition) is 7. The number of aromatic hydroxyl groups is 1. The van der Waals surface area contributed by atoms with Crippen LogP contribution >= 0.6 is 0 Å². The van der Waals surface area contributed by atoms with E-state index in [4.69, 9.17) is 0 Å². The number of hydrogen-bond donors (Lipinski definition) is 2. The molecule has 0 spiro atoms. The third kappa shape index (κ3) is 4.26. The molecule has 0 radical (unpaired) electrons. The maximum absolute atomic E-state index is 13.2. The van der Waals surface area contributed by atoms with E-state index < -0.39 is 10.8 Å². The van der Waals surface area contributed by atoms with Gasteiger partial charge in [0.2, 0.25) is 0 Å². The monoisotopic (exact) mass is 421 g/mol. The minimum Gasteiger partial charge on any atom is -0.508 e. The van der Waals surface area contributed by atoms with Crippen molar-refractivity contribution >= 4 is 33.9 Å². The van der Waals surface area contributed by atoms with Gasteiger partial charge in [0.15, 0.2) is 0 Å². The minimum absolute atomic E-state index is 0.0284. The number of amides is 1. The number of benzene rings is 2. The number of piperazine rings is 1. The summed E-state index contributed by atoms with van der Waals surface area (Å²) in [7, 11) is 2.04. The van der Waals surface area contributed by atoms with Gasteiger partial charge in [-0.25, -0.2) is 0 Å². The van der Waals surface area contributed by atoms with Crippen molar-refractivity contribution in [2.45, 2.75) is 6.92 Å². The molecule has 3 aromatic rings. The molecule has 160 valence electrons. The van der Waals surface area contributed by atoms with E-state index in [2.05, 4.69) is 20.1 Å². The topological polar surface area (TPSA) is 112 Å². The Morgan fingerprint density at radius 3 is 2.58 bits per heavy atom. The van der Waals surface area contributed by atoms with Gasteiger partial charge in [-0.3, -0.25) is 19.9 Å². The lowest BCUT2D eigenvalue weighted by atomic mass is 10.1. The highest BCUT2D eigenvalue weighted by Gasteiger charge is 2.22. The average molecular weight is 421 g/mol. The Hall–Kier alpha value is -3.72. The molecule has 2 N–H and O–H groups in total. The summed E-state index contributed by atoms with van der Waals surface area (Å²) in [6.45, 7) is 5.01. The van der Waals surface area contributed by atoms with Crippen molar-refractivity contribution in [1.82, 2.24) is 9.88 Å². The van der Waals surface area contributed by atoms with Crippen LogP contribution in [0.3, 0.4) is 0 Å². The second-order valence-electron chi connectivity index (χ2n) is 7.72. The smallest absolute Gasteiger partial charge is 0.271 e. The highest BCUT2D eigenvalue weighted by molar-refractivity contribution is 6.13. The van der Waals surface area contributed by atoms with E-state index in [-0.39, 0.29) is 11.4 Å². The molecule has 0 bridgehead atoms. The summed E-state index contributed by atoms with van der Waals surface area (Å²) in [5.74, 6) is -0.391. The Kier molecular flexibility index (Phi) is 5.43. The Bertz CT molecular complexity index is 1170. The van der Waals surface area contributed by atoms with Crippen LogP contribution in [0.2, 0.25) is 0 Å². The summed E-state index contributed by atoms with van der Waals surface area (Å²) in [5.41, 5.74) is 2.61. The summed E-state index contributed by atoms with van der Waals surface area (Å²) >= 11 is 0. The molecule has 9 heteroatoms. The van der Waals surface area contributed by atoms with Crippen molar-refractivity contribution in [2.24, 2.45) is 0 Å². The molecule has 0 unspecified atom stereocenters. The standard InChI is InChI=1S/C22H23N5O4/c1-14-11-18(17-13-16(28)4-5-19(17)23-14)22(29)24-20-12-15(27(30)31)3-6-21(20)26-9-7-25(2)8-10-26/h3-6,11-13,28H,7-10H2,1-2H3,(H,24,29). The third-order valence-electron chi connectivity index (χ3n) is 5.45. The van der Waals surface area contributed by atoms with E-state index in [1.807, 2.05) is 7.05 Å². The molecule has 1 amide bonds. The molecule has 9 nitrogen and oxygen atoms in total. The van der Waals surface area contributed by atoms with Gasteiger partial charge in [-0.1, -0.05) is 0 Å². The average Bonchev–Trinajstić information content (AvgIpc) is 2.74. The number of carbonyl (C=O) groups excluding carboxylic acids is 1. The van der Waals surface area contributed by atoms with E-state index >= 15 is 0 Å². The van der Waals surface area contributed by atoms with Gasteiger partial charge in [0.25, 0.3) is 11.6 Å².